The van der Waals surface area contributed by atoms with Gasteiger partial charge in [-0.1, -0.05) is 23.8 Å². The van der Waals surface area contributed by atoms with Gasteiger partial charge in [0.05, 0.1) is 17.7 Å². The van der Waals surface area contributed by atoms with Crippen molar-refractivity contribution in [3.63, 3.8) is 0 Å². The molecule has 7 nitrogen and oxygen atoms in total. The van der Waals surface area contributed by atoms with Gasteiger partial charge in [-0.05, 0) is 63.7 Å². The van der Waals surface area contributed by atoms with Gasteiger partial charge < -0.3 is 14.6 Å². The number of nitrogens with one attached hydrogen (secondary N) is 1. The van der Waals surface area contributed by atoms with Crippen LogP contribution in [0.3, 0.4) is 0 Å². The van der Waals surface area contributed by atoms with Crippen LogP contribution >= 0.6 is 0 Å². The van der Waals surface area contributed by atoms with Gasteiger partial charge in [-0.3, -0.25) is 14.7 Å². The minimum Gasteiger partial charge on any atom is -0.442 e. The summed E-state index contributed by atoms with van der Waals surface area (Å²) in [6.07, 6.45) is 3.93. The highest BCUT2D eigenvalue weighted by molar-refractivity contribution is 6.17. The standard InChI is InChI=1S/C25H31N5O2/c1-16-4-5-17(2)20(12-16)14-29-9-6-19(7-10-29)13-27-24(31)21-18(3)32-25-22(21)23-26-8-11-30(23)15-28-25/h4-5,12,15,19H,6-11,13-14H2,1-3H3,(H,27,31). The molecule has 1 fully saturated rings. The van der Waals surface area contributed by atoms with E-state index in [1.807, 2.05) is 11.8 Å². The molecule has 0 radical (unpaired) electrons. The molecule has 4 heterocycles. The van der Waals surface area contributed by atoms with E-state index >= 15 is 0 Å². The Kier molecular flexibility index (Phi) is 5.59. The zero-order chi connectivity index (χ0) is 22.2. The van der Waals surface area contributed by atoms with Crippen LogP contribution in [-0.2, 0) is 6.54 Å². The second kappa shape index (κ2) is 8.54. The lowest BCUT2D eigenvalue weighted by Gasteiger charge is -2.32. The van der Waals surface area contributed by atoms with Gasteiger partial charge in [-0.15, -0.1) is 0 Å². The van der Waals surface area contributed by atoms with Crippen LogP contribution in [0.4, 0.5) is 5.88 Å². The van der Waals surface area contributed by atoms with Crippen molar-refractivity contribution in [2.75, 3.05) is 32.7 Å². The Labute approximate surface area is 189 Å². The van der Waals surface area contributed by atoms with Crippen LogP contribution in [0.5, 0.6) is 0 Å². The Morgan fingerprint density at radius 3 is 2.81 bits per heavy atom. The third-order valence-electron chi connectivity index (χ3n) is 6.86. The van der Waals surface area contributed by atoms with E-state index < -0.39 is 0 Å². The van der Waals surface area contributed by atoms with E-state index in [0.717, 1.165) is 50.4 Å². The number of aliphatic imine (C=N–C) groups is 2. The van der Waals surface area contributed by atoms with Crippen LogP contribution in [0, 0.1) is 26.7 Å². The van der Waals surface area contributed by atoms with E-state index in [1.165, 1.54) is 16.7 Å². The number of hydrogen-bond donors (Lipinski definition) is 1. The fraction of sp³-hybridized carbons (Fsp3) is 0.480. The van der Waals surface area contributed by atoms with Gasteiger partial charge >= 0.3 is 0 Å². The van der Waals surface area contributed by atoms with E-state index in [9.17, 15) is 4.79 Å². The number of carbonyl (C=O) groups is 1. The number of nitrogens with zero attached hydrogens (tertiary/aromatic N) is 4. The maximum Gasteiger partial charge on any atom is 0.255 e. The summed E-state index contributed by atoms with van der Waals surface area (Å²) in [5.41, 5.74) is 5.41. The van der Waals surface area contributed by atoms with Crippen molar-refractivity contribution < 1.29 is 9.21 Å². The van der Waals surface area contributed by atoms with Gasteiger partial charge in [0.2, 0.25) is 5.88 Å². The number of rotatable bonds is 5. The first-order valence-electron chi connectivity index (χ1n) is 11.6. The van der Waals surface area contributed by atoms with Gasteiger partial charge in [0.15, 0.2) is 0 Å². The molecule has 2 aromatic rings. The molecule has 3 aliphatic heterocycles. The van der Waals surface area contributed by atoms with Crippen molar-refractivity contribution in [3.8, 4) is 0 Å². The number of aryl methyl sites for hydroxylation is 3. The molecule has 0 saturated carbocycles. The van der Waals surface area contributed by atoms with Crippen molar-refractivity contribution >= 4 is 24.0 Å². The molecular formula is C25H31N5O2. The van der Waals surface area contributed by atoms with Crippen LogP contribution < -0.4 is 5.32 Å². The number of hydrogen-bond acceptors (Lipinski definition) is 6. The summed E-state index contributed by atoms with van der Waals surface area (Å²) in [6.45, 7) is 11.5. The first kappa shape index (κ1) is 20.9. The quantitative estimate of drug-likeness (QED) is 0.782. The molecule has 168 valence electrons. The van der Waals surface area contributed by atoms with Gasteiger partial charge in [0.25, 0.3) is 5.91 Å². The van der Waals surface area contributed by atoms with Crippen LogP contribution in [0.2, 0.25) is 0 Å². The fourth-order valence-electron chi connectivity index (χ4n) is 4.90. The summed E-state index contributed by atoms with van der Waals surface area (Å²) in [4.78, 5) is 26.6. The highest BCUT2D eigenvalue weighted by atomic mass is 16.4. The number of likely N-dealkylation sites (tertiary alicyclic amines) is 1. The number of fused-ring (bicyclic) bond motifs is 3. The van der Waals surface area contributed by atoms with Crippen LogP contribution in [-0.4, -0.2) is 60.6 Å². The SMILES string of the molecule is Cc1ccc(C)c(CN2CCC(CNC(=O)c3c(C)oc4c3C3=NCCN3C=N4)CC2)c1. The third kappa shape index (κ3) is 3.97. The summed E-state index contributed by atoms with van der Waals surface area (Å²) in [7, 11) is 0. The van der Waals surface area contributed by atoms with E-state index in [0.29, 0.717) is 36.2 Å². The minimum atomic E-state index is -0.0861. The molecule has 0 unspecified atom stereocenters. The number of amidine groups is 1. The smallest absolute Gasteiger partial charge is 0.255 e. The van der Waals surface area contributed by atoms with Crippen molar-refractivity contribution in [2.24, 2.45) is 15.9 Å². The maximum absolute atomic E-state index is 13.1. The average Bonchev–Trinajstić information content (AvgIpc) is 3.39. The Morgan fingerprint density at radius 2 is 2.00 bits per heavy atom. The lowest BCUT2D eigenvalue weighted by atomic mass is 9.95. The fourth-order valence-corrected chi connectivity index (χ4v) is 4.90. The molecule has 0 atom stereocenters. The number of amides is 1. The van der Waals surface area contributed by atoms with Gasteiger partial charge in [0, 0.05) is 19.6 Å². The summed E-state index contributed by atoms with van der Waals surface area (Å²) < 4.78 is 5.77. The Morgan fingerprint density at radius 1 is 1.19 bits per heavy atom. The molecule has 1 saturated heterocycles. The molecule has 32 heavy (non-hydrogen) atoms. The lowest BCUT2D eigenvalue weighted by molar-refractivity contribution is 0.0933. The highest BCUT2D eigenvalue weighted by Crippen LogP contribution is 2.34. The molecule has 1 amide bonds. The molecule has 0 spiro atoms. The molecule has 0 bridgehead atoms. The second-order valence-corrected chi connectivity index (χ2v) is 9.22. The number of benzene rings is 1. The summed E-state index contributed by atoms with van der Waals surface area (Å²) in [5, 5.41) is 3.16. The first-order valence-corrected chi connectivity index (χ1v) is 11.6. The maximum atomic E-state index is 13.1. The molecule has 5 rings (SSSR count). The number of furan rings is 1. The molecule has 1 aromatic carbocycles. The van der Waals surface area contributed by atoms with E-state index in [-0.39, 0.29) is 5.91 Å². The highest BCUT2D eigenvalue weighted by Gasteiger charge is 2.33. The number of piperidine rings is 1. The molecular weight excluding hydrogens is 402 g/mol. The summed E-state index contributed by atoms with van der Waals surface area (Å²) in [5.74, 6) is 2.30. The van der Waals surface area contributed by atoms with Crippen molar-refractivity contribution in [1.82, 2.24) is 15.1 Å². The van der Waals surface area contributed by atoms with Gasteiger partial charge in [-0.25, -0.2) is 4.99 Å². The van der Waals surface area contributed by atoms with Gasteiger partial charge in [0.1, 0.15) is 17.9 Å². The van der Waals surface area contributed by atoms with E-state index in [1.54, 1.807) is 6.34 Å². The first-order chi connectivity index (χ1) is 15.5. The Hall–Kier alpha value is -2.93. The largest absolute Gasteiger partial charge is 0.442 e. The molecule has 1 aromatic heterocycles. The predicted molar refractivity (Wildman–Crippen MR) is 126 cm³/mol. The predicted octanol–water partition coefficient (Wildman–Crippen LogP) is 3.58. The minimum absolute atomic E-state index is 0.0861. The lowest BCUT2D eigenvalue weighted by Crippen LogP contribution is -2.39. The summed E-state index contributed by atoms with van der Waals surface area (Å²) in [6, 6.07) is 6.69. The van der Waals surface area contributed by atoms with Crippen molar-refractivity contribution in [2.45, 2.75) is 40.2 Å². The Balaban J connectivity index is 1.18. The normalized spacial score (nSPS) is 18.5. The van der Waals surface area contributed by atoms with Crippen LogP contribution in [0.1, 0.15) is 51.2 Å². The third-order valence-corrected chi connectivity index (χ3v) is 6.86. The average molecular weight is 434 g/mol. The monoisotopic (exact) mass is 433 g/mol. The topological polar surface area (TPSA) is 73.4 Å². The van der Waals surface area contributed by atoms with E-state index in [2.05, 4.69) is 52.2 Å². The molecule has 3 aliphatic rings. The molecule has 7 heteroatoms. The number of carbonyl (C=O) groups excluding carboxylic acids is 1. The molecule has 1 N–H and O–H groups in total. The molecule has 0 aliphatic carbocycles. The zero-order valence-electron chi connectivity index (χ0n) is 19.1. The van der Waals surface area contributed by atoms with Gasteiger partial charge in [-0.2, -0.15) is 0 Å². The second-order valence-electron chi connectivity index (χ2n) is 9.22. The van der Waals surface area contributed by atoms with E-state index in [4.69, 9.17) is 4.42 Å². The van der Waals surface area contributed by atoms with Crippen molar-refractivity contribution in [3.05, 3.63) is 51.8 Å². The van der Waals surface area contributed by atoms with Crippen molar-refractivity contribution in [1.29, 1.82) is 0 Å². The van der Waals surface area contributed by atoms with Crippen LogP contribution in [0.25, 0.3) is 0 Å². The van der Waals surface area contributed by atoms with Crippen LogP contribution in [0.15, 0.2) is 32.6 Å². The Bertz CT molecular complexity index is 1090. The zero-order valence-corrected chi connectivity index (χ0v) is 19.1. The summed E-state index contributed by atoms with van der Waals surface area (Å²) >= 11 is 0.